The van der Waals surface area contributed by atoms with Crippen LogP contribution in [-0.4, -0.2) is 21.3 Å². The fraction of sp³-hybridized carbons (Fsp3) is 0.438. The monoisotopic (exact) mass is 582 g/mol. The third-order valence-electron chi connectivity index (χ3n) is 8.36. The molecule has 5 heterocycles. The van der Waals surface area contributed by atoms with Gasteiger partial charge in [0.15, 0.2) is 0 Å². The summed E-state index contributed by atoms with van der Waals surface area (Å²) >= 11 is 6.00. The number of thiophene rings is 3. The smallest absolute Gasteiger partial charge is 0.279 e. The lowest BCUT2D eigenvalue weighted by Crippen LogP contribution is -1.96. The van der Waals surface area contributed by atoms with E-state index in [1.165, 1.54) is 43.1 Å². The fourth-order valence-corrected chi connectivity index (χ4v) is 8.89. The van der Waals surface area contributed by atoms with E-state index in [-0.39, 0.29) is 19.2 Å². The van der Waals surface area contributed by atoms with E-state index in [0.29, 0.717) is 16.8 Å². The van der Waals surface area contributed by atoms with Gasteiger partial charge in [0.2, 0.25) is 5.88 Å². The number of hydrogen-bond donors (Lipinski definition) is 1. The van der Waals surface area contributed by atoms with Crippen molar-refractivity contribution in [1.82, 2.24) is 4.57 Å². The van der Waals surface area contributed by atoms with Gasteiger partial charge in [-0.15, -0.1) is 34.0 Å². The van der Waals surface area contributed by atoms with Gasteiger partial charge in [0, 0.05) is 54.8 Å². The van der Waals surface area contributed by atoms with E-state index < -0.39 is 0 Å². The first-order valence-corrected chi connectivity index (χ1v) is 15.4. The van der Waals surface area contributed by atoms with Gasteiger partial charge in [0.1, 0.15) is 0 Å². The summed E-state index contributed by atoms with van der Waals surface area (Å²) in [5.74, 6) is -0.125. The Hall–Kier alpha value is -2.48. The van der Waals surface area contributed by atoms with Crippen LogP contribution in [0.5, 0.6) is 5.88 Å². The zero-order chi connectivity index (χ0) is 28.2. The molecule has 1 amide bonds. The minimum absolute atomic E-state index is 0. The second-order valence-electron chi connectivity index (χ2n) is 10.4. The highest BCUT2D eigenvalue weighted by Crippen LogP contribution is 2.37. The van der Waals surface area contributed by atoms with Crippen molar-refractivity contribution in [2.75, 3.05) is 0 Å². The predicted molar refractivity (Wildman–Crippen MR) is 172 cm³/mol. The van der Waals surface area contributed by atoms with Gasteiger partial charge in [-0.1, -0.05) is 7.43 Å². The molecule has 210 valence electrons. The summed E-state index contributed by atoms with van der Waals surface area (Å²) in [6.45, 7) is 21.7. The predicted octanol–water partition coefficient (Wildman–Crippen LogP) is 9.16. The van der Waals surface area contributed by atoms with E-state index in [0.717, 1.165) is 18.5 Å². The molecule has 0 radical (unpaired) electrons. The maximum atomic E-state index is 11.4. The number of fused-ring (bicyclic) bond motifs is 1. The van der Waals surface area contributed by atoms with E-state index >= 15 is 0 Å². The molecular weight excluding hydrogens is 541 g/mol. The number of carbonyl (C=O) groups is 1. The minimum Gasteiger partial charge on any atom is -0.494 e. The van der Waals surface area contributed by atoms with E-state index in [4.69, 9.17) is 0 Å². The van der Waals surface area contributed by atoms with Crippen LogP contribution in [0.1, 0.15) is 98.6 Å². The highest BCUT2D eigenvalue weighted by atomic mass is 32.1. The minimum atomic E-state index is -0.249. The summed E-state index contributed by atoms with van der Waals surface area (Å²) in [6, 6.07) is 0. The van der Waals surface area contributed by atoms with Gasteiger partial charge < -0.3 is 9.67 Å². The van der Waals surface area contributed by atoms with Crippen molar-refractivity contribution in [2.45, 2.75) is 89.5 Å². The highest BCUT2D eigenvalue weighted by Gasteiger charge is 2.30. The lowest BCUT2D eigenvalue weighted by Gasteiger charge is -2.00. The van der Waals surface area contributed by atoms with Crippen LogP contribution in [0, 0.1) is 62.3 Å². The molecule has 0 aromatic carbocycles. The zero-order valence-corrected chi connectivity index (χ0v) is 26.8. The van der Waals surface area contributed by atoms with E-state index in [9.17, 15) is 9.90 Å². The van der Waals surface area contributed by atoms with Crippen LogP contribution in [0.15, 0.2) is 4.99 Å². The Morgan fingerprint density at radius 1 is 0.641 bits per heavy atom. The number of aryl methyl sites for hydroxylation is 2. The Kier molecular flexibility index (Phi) is 9.20. The molecule has 1 aliphatic heterocycles. The van der Waals surface area contributed by atoms with Gasteiger partial charge in [-0.25, -0.2) is 4.99 Å². The summed E-state index contributed by atoms with van der Waals surface area (Å²) in [7, 11) is 1.73. The van der Waals surface area contributed by atoms with Crippen molar-refractivity contribution >= 4 is 45.6 Å². The third kappa shape index (κ3) is 5.46. The van der Waals surface area contributed by atoms with Crippen LogP contribution in [0.2, 0.25) is 0 Å². The molecule has 0 aliphatic carbocycles. The van der Waals surface area contributed by atoms with Crippen molar-refractivity contribution in [3.63, 3.8) is 0 Å². The molecule has 0 saturated carbocycles. The molecule has 0 spiro atoms. The Bertz CT molecular complexity index is 1530. The average molecular weight is 583 g/mol. The number of aliphatic imine (C=N–C) groups is 1. The van der Waals surface area contributed by atoms with Crippen molar-refractivity contribution in [1.29, 1.82) is 0 Å². The SMILES string of the molecule is C.CC1=NC(=O)c2c1c(O)n(C)c2C.Cc1sc(Cc2sc(Cc3sc(C)c(C)c3C)c(C)c2C)c(C)c1C. The first-order valence-electron chi connectivity index (χ1n) is 12.9. The summed E-state index contributed by atoms with van der Waals surface area (Å²) in [6.07, 6.45) is 2.20. The molecule has 5 rings (SSSR count). The van der Waals surface area contributed by atoms with Gasteiger partial charge in [0.05, 0.1) is 16.8 Å². The molecule has 1 N–H and O–H groups in total. The molecule has 7 heteroatoms. The fourth-order valence-electron chi connectivity index (χ4n) is 4.96. The lowest BCUT2D eigenvalue weighted by atomic mass is 10.0. The largest absolute Gasteiger partial charge is 0.494 e. The number of rotatable bonds is 4. The van der Waals surface area contributed by atoms with Crippen LogP contribution in [0.3, 0.4) is 0 Å². The number of hydrogen-bond acceptors (Lipinski definition) is 5. The standard InChI is InChI=1S/C22H28S3.C9H10N2O2.CH4/c1-11-13(3)19(23-17(11)7)9-21-15(5)16(6)22(25-21)10-20-14(4)12(2)18(8)24-20;1-4-6-7(8(12)10-4)5(2)11(3)9(6)13;/h9-10H2,1-8H3;13H,1-3H3;1H4. The summed E-state index contributed by atoms with van der Waals surface area (Å²) < 4.78 is 1.60. The van der Waals surface area contributed by atoms with Gasteiger partial charge in [-0.2, -0.15) is 0 Å². The maximum Gasteiger partial charge on any atom is 0.279 e. The van der Waals surface area contributed by atoms with Crippen molar-refractivity contribution in [3.8, 4) is 5.88 Å². The number of amides is 1. The molecule has 0 atom stereocenters. The van der Waals surface area contributed by atoms with Gasteiger partial charge in [0.25, 0.3) is 5.91 Å². The zero-order valence-electron chi connectivity index (χ0n) is 24.4. The number of carbonyl (C=O) groups excluding carboxylic acids is 1. The molecule has 39 heavy (non-hydrogen) atoms. The molecule has 0 fully saturated rings. The van der Waals surface area contributed by atoms with Crippen LogP contribution < -0.4 is 0 Å². The second-order valence-corrected chi connectivity index (χ2v) is 14.2. The summed E-state index contributed by atoms with van der Waals surface area (Å²) in [5, 5.41) is 9.66. The Labute approximate surface area is 246 Å². The molecule has 4 aromatic heterocycles. The van der Waals surface area contributed by atoms with E-state index in [2.05, 4.69) is 60.4 Å². The van der Waals surface area contributed by atoms with Crippen LogP contribution in [0.25, 0.3) is 0 Å². The van der Waals surface area contributed by atoms with Crippen molar-refractivity contribution < 1.29 is 9.90 Å². The highest BCUT2D eigenvalue weighted by molar-refractivity contribution is 7.14. The van der Waals surface area contributed by atoms with Crippen molar-refractivity contribution in [2.24, 2.45) is 12.0 Å². The van der Waals surface area contributed by atoms with Crippen LogP contribution in [-0.2, 0) is 19.9 Å². The average Bonchev–Trinajstić information content (AvgIpc) is 3.55. The summed E-state index contributed by atoms with van der Waals surface area (Å²) in [4.78, 5) is 24.3. The van der Waals surface area contributed by atoms with Gasteiger partial charge in [-0.3, -0.25) is 4.79 Å². The Morgan fingerprint density at radius 3 is 1.38 bits per heavy atom. The van der Waals surface area contributed by atoms with Crippen LogP contribution in [0.4, 0.5) is 0 Å². The molecule has 0 saturated heterocycles. The van der Waals surface area contributed by atoms with Gasteiger partial charge in [-0.05, 0) is 103 Å². The maximum absolute atomic E-state index is 11.4. The van der Waals surface area contributed by atoms with Crippen molar-refractivity contribution in [3.05, 3.63) is 79.5 Å². The molecule has 0 bridgehead atoms. The Balaban J connectivity index is 0.000000253. The molecule has 0 unspecified atom stereocenters. The van der Waals surface area contributed by atoms with Crippen LogP contribution >= 0.6 is 34.0 Å². The molecule has 4 aromatic rings. The van der Waals surface area contributed by atoms with E-state index in [1.807, 2.05) is 34.0 Å². The number of aromatic nitrogens is 1. The topological polar surface area (TPSA) is 54.6 Å². The summed E-state index contributed by atoms with van der Waals surface area (Å²) in [5.41, 5.74) is 11.4. The quantitative estimate of drug-likeness (QED) is 0.261. The third-order valence-corrected chi connectivity index (χ3v) is 12.4. The lowest BCUT2D eigenvalue weighted by molar-refractivity contribution is 0.101. The first kappa shape index (κ1) is 31.1. The van der Waals surface area contributed by atoms with Gasteiger partial charge >= 0.3 is 0 Å². The molecule has 4 nitrogen and oxygen atoms in total. The molecular formula is C32H42N2O2S3. The number of nitrogens with zero attached hydrogens (tertiary/aromatic N) is 2. The van der Waals surface area contributed by atoms with E-state index in [1.54, 1.807) is 45.0 Å². The second kappa shape index (κ2) is 11.6. The number of aromatic hydroxyl groups is 1. The Morgan fingerprint density at radius 2 is 1.03 bits per heavy atom. The first-order chi connectivity index (χ1) is 17.7. The molecule has 1 aliphatic rings. The normalized spacial score (nSPS) is 12.3.